The molecule has 0 bridgehead atoms. The quantitative estimate of drug-likeness (QED) is 0.634. The molecular weight excluding hydrogens is 234 g/mol. The lowest BCUT2D eigenvalue weighted by atomic mass is 10.0. The Hall–Kier alpha value is -2.09. The summed E-state index contributed by atoms with van der Waals surface area (Å²) in [6, 6.07) is 10.2. The Morgan fingerprint density at radius 2 is 1.84 bits per heavy atom. The van der Waals surface area contributed by atoms with E-state index in [1.807, 2.05) is 37.3 Å². The zero-order valence-corrected chi connectivity index (χ0v) is 11.9. The van der Waals surface area contributed by atoms with Crippen LogP contribution in [0.3, 0.4) is 0 Å². The number of hydrogen-bond acceptors (Lipinski definition) is 1. The van der Waals surface area contributed by atoms with Gasteiger partial charge in [-0.05, 0) is 25.8 Å². The first-order valence-corrected chi connectivity index (χ1v) is 6.33. The summed E-state index contributed by atoms with van der Waals surface area (Å²) in [4.78, 5) is 11.4. The molecule has 0 saturated carbocycles. The number of carbonyl (C=O) groups excluding carboxylic acids is 1. The van der Waals surface area contributed by atoms with Crippen molar-refractivity contribution in [1.29, 1.82) is 0 Å². The standard InChI is InChI=1S/C17H21NO/c1-13(11-15(3)17(19)18-4)10-14(2)12-16-8-6-5-7-9-16/h5-11H,2,12H2,1,3-4H3,(H,18,19)/b13-10-,15-11+. The Kier molecular flexibility index (Phi) is 5.80. The fourth-order valence-electron chi connectivity index (χ4n) is 1.88. The van der Waals surface area contributed by atoms with E-state index in [2.05, 4.69) is 24.0 Å². The average molecular weight is 255 g/mol. The molecule has 0 aromatic heterocycles. The first-order chi connectivity index (χ1) is 9.02. The van der Waals surface area contributed by atoms with E-state index in [4.69, 9.17) is 0 Å². The minimum atomic E-state index is -0.0542. The van der Waals surface area contributed by atoms with Gasteiger partial charge in [-0.15, -0.1) is 0 Å². The molecule has 0 radical (unpaired) electrons. The number of carbonyl (C=O) groups is 1. The molecule has 0 spiro atoms. The fraction of sp³-hybridized carbons (Fsp3) is 0.235. The van der Waals surface area contributed by atoms with Gasteiger partial charge < -0.3 is 5.32 Å². The molecule has 0 aliphatic rings. The summed E-state index contributed by atoms with van der Waals surface area (Å²) < 4.78 is 0. The van der Waals surface area contributed by atoms with E-state index in [0.29, 0.717) is 5.57 Å². The highest BCUT2D eigenvalue weighted by Crippen LogP contribution is 2.11. The zero-order valence-electron chi connectivity index (χ0n) is 11.9. The van der Waals surface area contributed by atoms with Gasteiger partial charge in [0.1, 0.15) is 0 Å². The van der Waals surface area contributed by atoms with E-state index < -0.39 is 0 Å². The maximum atomic E-state index is 11.4. The third-order valence-corrected chi connectivity index (χ3v) is 2.74. The molecule has 1 rings (SSSR count). The molecule has 100 valence electrons. The number of likely N-dealkylation sites (N-methyl/N-ethyl adjacent to an activating group) is 1. The Bertz CT molecular complexity index is 509. The van der Waals surface area contributed by atoms with Gasteiger partial charge in [-0.1, -0.05) is 60.2 Å². The summed E-state index contributed by atoms with van der Waals surface area (Å²) >= 11 is 0. The Balaban J connectivity index is 2.69. The van der Waals surface area contributed by atoms with Gasteiger partial charge in [0.05, 0.1) is 0 Å². The van der Waals surface area contributed by atoms with E-state index >= 15 is 0 Å². The minimum absolute atomic E-state index is 0.0542. The second-order valence-corrected chi connectivity index (χ2v) is 4.62. The van der Waals surface area contributed by atoms with Crippen molar-refractivity contribution in [2.75, 3.05) is 7.05 Å². The molecule has 19 heavy (non-hydrogen) atoms. The number of rotatable bonds is 5. The summed E-state index contributed by atoms with van der Waals surface area (Å²) in [6.45, 7) is 7.83. The van der Waals surface area contributed by atoms with E-state index in [0.717, 1.165) is 17.6 Å². The fourth-order valence-corrected chi connectivity index (χ4v) is 1.88. The molecule has 1 amide bonds. The molecule has 0 atom stereocenters. The second kappa shape index (κ2) is 7.37. The largest absolute Gasteiger partial charge is 0.355 e. The number of hydrogen-bond donors (Lipinski definition) is 1. The van der Waals surface area contributed by atoms with E-state index in [1.165, 1.54) is 5.56 Å². The molecule has 0 aliphatic heterocycles. The van der Waals surface area contributed by atoms with E-state index in [1.54, 1.807) is 14.0 Å². The summed E-state index contributed by atoms with van der Waals surface area (Å²) in [5, 5.41) is 2.61. The van der Waals surface area contributed by atoms with Crippen LogP contribution in [-0.4, -0.2) is 13.0 Å². The van der Waals surface area contributed by atoms with Crippen LogP contribution in [0.5, 0.6) is 0 Å². The van der Waals surface area contributed by atoms with Crippen molar-refractivity contribution in [2.24, 2.45) is 0 Å². The van der Waals surface area contributed by atoms with Gasteiger partial charge in [0, 0.05) is 12.6 Å². The molecule has 0 unspecified atom stereocenters. The number of allylic oxidation sites excluding steroid dienone is 4. The highest BCUT2D eigenvalue weighted by atomic mass is 16.1. The van der Waals surface area contributed by atoms with Crippen molar-refractivity contribution in [2.45, 2.75) is 20.3 Å². The Morgan fingerprint density at radius 3 is 2.42 bits per heavy atom. The predicted octanol–water partition coefficient (Wildman–Crippen LogP) is 3.42. The maximum Gasteiger partial charge on any atom is 0.246 e. The number of nitrogens with one attached hydrogen (secondary N) is 1. The van der Waals surface area contributed by atoms with Crippen LogP contribution in [0.2, 0.25) is 0 Å². The number of benzene rings is 1. The van der Waals surface area contributed by atoms with Crippen LogP contribution in [0, 0.1) is 0 Å². The normalized spacial score (nSPS) is 12.2. The van der Waals surface area contributed by atoms with Crippen molar-refractivity contribution in [1.82, 2.24) is 5.32 Å². The monoisotopic (exact) mass is 255 g/mol. The molecule has 2 nitrogen and oxygen atoms in total. The zero-order chi connectivity index (χ0) is 14.3. The number of amides is 1. The molecule has 0 heterocycles. The molecular formula is C17H21NO. The van der Waals surface area contributed by atoms with Gasteiger partial charge in [0.2, 0.25) is 5.91 Å². The highest BCUT2D eigenvalue weighted by Gasteiger charge is 2.00. The van der Waals surface area contributed by atoms with Gasteiger partial charge in [0.25, 0.3) is 0 Å². The van der Waals surface area contributed by atoms with Crippen LogP contribution < -0.4 is 5.32 Å². The van der Waals surface area contributed by atoms with Crippen LogP contribution in [0.1, 0.15) is 19.4 Å². The topological polar surface area (TPSA) is 29.1 Å². The van der Waals surface area contributed by atoms with Gasteiger partial charge in [-0.25, -0.2) is 0 Å². The van der Waals surface area contributed by atoms with Crippen molar-refractivity contribution in [3.05, 3.63) is 71.3 Å². The molecule has 0 aliphatic carbocycles. The lowest BCUT2D eigenvalue weighted by Gasteiger charge is -2.03. The van der Waals surface area contributed by atoms with Crippen LogP contribution in [0.25, 0.3) is 0 Å². The van der Waals surface area contributed by atoms with Crippen LogP contribution in [0.4, 0.5) is 0 Å². The molecule has 0 fully saturated rings. The van der Waals surface area contributed by atoms with Gasteiger partial charge >= 0.3 is 0 Å². The summed E-state index contributed by atoms with van der Waals surface area (Å²) in [6.07, 6.45) is 4.71. The van der Waals surface area contributed by atoms with Gasteiger partial charge in [0.15, 0.2) is 0 Å². The highest BCUT2D eigenvalue weighted by molar-refractivity contribution is 5.93. The molecule has 0 saturated heterocycles. The summed E-state index contributed by atoms with van der Waals surface area (Å²) in [5.74, 6) is -0.0542. The SMILES string of the molecule is C=C(/C=C(C)\C=C(/C)C(=O)NC)Cc1ccccc1. The lowest BCUT2D eigenvalue weighted by molar-refractivity contribution is -0.116. The van der Waals surface area contributed by atoms with Crippen LogP contribution in [-0.2, 0) is 11.2 Å². The predicted molar refractivity (Wildman–Crippen MR) is 80.9 cm³/mol. The first-order valence-electron chi connectivity index (χ1n) is 6.33. The smallest absolute Gasteiger partial charge is 0.246 e. The van der Waals surface area contributed by atoms with Crippen molar-refractivity contribution in [3.8, 4) is 0 Å². The summed E-state index contributed by atoms with van der Waals surface area (Å²) in [5.41, 5.74) is 4.00. The van der Waals surface area contributed by atoms with E-state index in [9.17, 15) is 4.79 Å². The second-order valence-electron chi connectivity index (χ2n) is 4.62. The van der Waals surface area contributed by atoms with E-state index in [-0.39, 0.29) is 5.91 Å². The molecule has 2 heteroatoms. The van der Waals surface area contributed by atoms with Crippen LogP contribution >= 0.6 is 0 Å². The van der Waals surface area contributed by atoms with Crippen LogP contribution in [0.15, 0.2) is 65.8 Å². The first kappa shape index (κ1) is 15.0. The van der Waals surface area contributed by atoms with Crippen molar-refractivity contribution < 1.29 is 4.79 Å². The third-order valence-electron chi connectivity index (χ3n) is 2.74. The lowest BCUT2D eigenvalue weighted by Crippen LogP contribution is -2.18. The average Bonchev–Trinajstić information content (AvgIpc) is 2.38. The molecule has 1 aromatic carbocycles. The Labute approximate surface area is 115 Å². The third kappa shape index (κ3) is 5.38. The Morgan fingerprint density at radius 1 is 1.21 bits per heavy atom. The van der Waals surface area contributed by atoms with Crippen molar-refractivity contribution in [3.63, 3.8) is 0 Å². The summed E-state index contributed by atoms with van der Waals surface area (Å²) in [7, 11) is 1.63. The van der Waals surface area contributed by atoms with Crippen molar-refractivity contribution >= 4 is 5.91 Å². The van der Waals surface area contributed by atoms with Gasteiger partial charge in [-0.2, -0.15) is 0 Å². The minimum Gasteiger partial charge on any atom is -0.355 e. The van der Waals surface area contributed by atoms with Gasteiger partial charge in [-0.3, -0.25) is 4.79 Å². The molecule has 1 aromatic rings. The molecule has 1 N–H and O–H groups in total. The maximum absolute atomic E-state index is 11.4.